The van der Waals surface area contributed by atoms with E-state index < -0.39 is 0 Å². The molecule has 4 rings (SSSR count). The quantitative estimate of drug-likeness (QED) is 0.356. The number of guanidine groups is 1. The molecule has 0 radical (unpaired) electrons. The van der Waals surface area contributed by atoms with Crippen LogP contribution in [0, 0.1) is 0 Å². The van der Waals surface area contributed by atoms with Crippen LogP contribution in [0.25, 0.3) is 0 Å². The minimum absolute atomic E-state index is 0.184. The van der Waals surface area contributed by atoms with E-state index in [-0.39, 0.29) is 11.8 Å². The van der Waals surface area contributed by atoms with Gasteiger partial charge in [-0.1, -0.05) is 30.3 Å². The number of anilines is 1. The Hall–Kier alpha value is -3.15. The normalized spacial score (nSPS) is 15.7. The molecule has 0 spiro atoms. The van der Waals surface area contributed by atoms with Gasteiger partial charge in [0.05, 0.1) is 11.1 Å². The van der Waals surface area contributed by atoms with Crippen molar-refractivity contribution in [3.8, 4) is 0 Å². The van der Waals surface area contributed by atoms with E-state index in [1.165, 1.54) is 16.2 Å². The zero-order valence-corrected chi connectivity index (χ0v) is 16.7. The highest BCUT2D eigenvalue weighted by atomic mass is 16.2. The Morgan fingerprint density at radius 1 is 1.00 bits per heavy atom. The van der Waals surface area contributed by atoms with Gasteiger partial charge in [-0.05, 0) is 49.9 Å². The van der Waals surface area contributed by atoms with Gasteiger partial charge in [0, 0.05) is 31.9 Å². The summed E-state index contributed by atoms with van der Waals surface area (Å²) in [5.74, 6) is 0.533. The lowest BCUT2D eigenvalue weighted by atomic mass is 10.1. The van der Waals surface area contributed by atoms with E-state index in [0.29, 0.717) is 24.2 Å². The Labute approximate surface area is 171 Å². The number of unbranched alkanes of at least 4 members (excludes halogenated alkanes) is 1. The smallest absolute Gasteiger partial charge is 0.261 e. The topological polar surface area (TPSA) is 65.0 Å². The predicted octanol–water partition coefficient (Wildman–Crippen LogP) is 3.09. The lowest BCUT2D eigenvalue weighted by Gasteiger charge is -2.22. The number of imide groups is 1. The first-order valence-electron chi connectivity index (χ1n) is 10.3. The van der Waals surface area contributed by atoms with Crippen LogP contribution in [-0.4, -0.2) is 48.9 Å². The van der Waals surface area contributed by atoms with E-state index in [2.05, 4.69) is 41.4 Å². The third-order valence-corrected chi connectivity index (χ3v) is 5.41. The summed E-state index contributed by atoms with van der Waals surface area (Å²) in [5.41, 5.74) is 3.59. The van der Waals surface area contributed by atoms with Crippen LogP contribution in [0.15, 0.2) is 53.5 Å². The minimum atomic E-state index is -0.184. The van der Waals surface area contributed by atoms with Crippen LogP contribution in [0.4, 0.5) is 5.69 Å². The van der Waals surface area contributed by atoms with Crippen LogP contribution in [0.5, 0.6) is 0 Å². The maximum atomic E-state index is 12.4. The summed E-state index contributed by atoms with van der Waals surface area (Å²) in [4.78, 5) is 33.2. The number of para-hydroxylation sites is 1. The van der Waals surface area contributed by atoms with Gasteiger partial charge in [0.25, 0.3) is 11.8 Å². The monoisotopic (exact) mass is 390 g/mol. The van der Waals surface area contributed by atoms with Crippen molar-refractivity contribution < 1.29 is 9.59 Å². The number of nitrogens with zero attached hydrogens (tertiary/aromatic N) is 3. The van der Waals surface area contributed by atoms with Gasteiger partial charge in [-0.25, -0.2) is 0 Å². The molecule has 0 saturated heterocycles. The fraction of sp³-hybridized carbons (Fsp3) is 0.348. The number of fused-ring (bicyclic) bond motifs is 2. The molecule has 2 aliphatic rings. The van der Waals surface area contributed by atoms with Gasteiger partial charge in [0.2, 0.25) is 0 Å². The average molecular weight is 390 g/mol. The number of carbonyl (C=O) groups is 2. The highest BCUT2D eigenvalue weighted by Crippen LogP contribution is 2.27. The van der Waals surface area contributed by atoms with Crippen LogP contribution in [0.1, 0.15) is 46.0 Å². The van der Waals surface area contributed by atoms with Gasteiger partial charge in [-0.3, -0.25) is 19.5 Å². The van der Waals surface area contributed by atoms with E-state index in [1.807, 2.05) is 0 Å². The number of amides is 2. The summed E-state index contributed by atoms with van der Waals surface area (Å²) in [6.07, 6.45) is 2.59. The Kier molecular flexibility index (Phi) is 5.60. The van der Waals surface area contributed by atoms with Crippen LogP contribution >= 0.6 is 0 Å². The van der Waals surface area contributed by atoms with E-state index in [4.69, 9.17) is 4.99 Å². The van der Waals surface area contributed by atoms with Crippen LogP contribution in [0.2, 0.25) is 0 Å². The molecule has 0 aromatic heterocycles. The van der Waals surface area contributed by atoms with Crippen molar-refractivity contribution in [1.82, 2.24) is 10.2 Å². The van der Waals surface area contributed by atoms with E-state index in [1.54, 1.807) is 24.3 Å². The molecule has 0 bridgehead atoms. The second-order valence-electron chi connectivity index (χ2n) is 7.28. The Bertz CT molecular complexity index is 918. The van der Waals surface area contributed by atoms with Crippen LogP contribution < -0.4 is 10.2 Å². The van der Waals surface area contributed by atoms with Crippen LogP contribution in [-0.2, 0) is 6.42 Å². The molecule has 2 heterocycles. The number of benzene rings is 2. The second-order valence-corrected chi connectivity index (χ2v) is 7.28. The third-order valence-electron chi connectivity index (χ3n) is 5.41. The van der Waals surface area contributed by atoms with Gasteiger partial charge in [-0.15, -0.1) is 0 Å². The number of nitrogens with one attached hydrogen (secondary N) is 1. The predicted molar refractivity (Wildman–Crippen MR) is 115 cm³/mol. The number of hydrogen-bond acceptors (Lipinski definition) is 3. The summed E-state index contributed by atoms with van der Waals surface area (Å²) in [6.45, 7) is 4.90. The lowest BCUT2D eigenvalue weighted by molar-refractivity contribution is 0.0652. The first kappa shape index (κ1) is 19.2. The van der Waals surface area contributed by atoms with E-state index >= 15 is 0 Å². The minimum Gasteiger partial charge on any atom is -0.356 e. The maximum absolute atomic E-state index is 12.4. The zero-order chi connectivity index (χ0) is 20.2. The summed E-state index contributed by atoms with van der Waals surface area (Å²) < 4.78 is 0. The Balaban J connectivity index is 1.33. The molecule has 2 aliphatic heterocycles. The Morgan fingerprint density at radius 3 is 2.41 bits per heavy atom. The van der Waals surface area contributed by atoms with E-state index in [9.17, 15) is 9.59 Å². The number of aliphatic imine (C=N–C) groups is 1. The molecule has 29 heavy (non-hydrogen) atoms. The van der Waals surface area contributed by atoms with Gasteiger partial charge in [0.15, 0.2) is 5.96 Å². The summed E-state index contributed by atoms with van der Waals surface area (Å²) in [7, 11) is 0. The maximum Gasteiger partial charge on any atom is 0.261 e. The molecule has 6 nitrogen and oxygen atoms in total. The van der Waals surface area contributed by atoms with Gasteiger partial charge < -0.3 is 10.2 Å². The van der Waals surface area contributed by atoms with Crippen molar-refractivity contribution >= 4 is 23.5 Å². The molecule has 6 heteroatoms. The molecular formula is C23H26N4O2. The highest BCUT2D eigenvalue weighted by Gasteiger charge is 2.34. The summed E-state index contributed by atoms with van der Waals surface area (Å²) in [6, 6.07) is 15.5. The van der Waals surface area contributed by atoms with Crippen molar-refractivity contribution in [1.29, 1.82) is 0 Å². The summed E-state index contributed by atoms with van der Waals surface area (Å²) >= 11 is 0. The molecule has 0 fully saturated rings. The molecule has 0 atom stereocenters. The van der Waals surface area contributed by atoms with Crippen LogP contribution in [0.3, 0.4) is 0 Å². The average Bonchev–Trinajstić information content (AvgIpc) is 3.28. The number of hydrogen-bond donors (Lipinski definition) is 1. The van der Waals surface area contributed by atoms with Gasteiger partial charge in [-0.2, -0.15) is 0 Å². The van der Waals surface area contributed by atoms with Crippen molar-refractivity contribution in [2.75, 3.05) is 31.1 Å². The molecule has 0 unspecified atom stereocenters. The largest absolute Gasteiger partial charge is 0.356 e. The van der Waals surface area contributed by atoms with Crippen molar-refractivity contribution in [2.45, 2.75) is 26.2 Å². The fourth-order valence-corrected chi connectivity index (χ4v) is 3.96. The van der Waals surface area contributed by atoms with Gasteiger partial charge >= 0.3 is 0 Å². The molecule has 2 aromatic carbocycles. The molecule has 0 saturated carbocycles. The molecule has 2 aromatic rings. The van der Waals surface area contributed by atoms with Crippen molar-refractivity contribution in [2.24, 2.45) is 4.99 Å². The molecular weight excluding hydrogens is 364 g/mol. The number of rotatable bonds is 6. The first-order chi connectivity index (χ1) is 14.2. The van der Waals surface area contributed by atoms with E-state index in [0.717, 1.165) is 38.3 Å². The van der Waals surface area contributed by atoms with Gasteiger partial charge in [0.1, 0.15) is 0 Å². The lowest BCUT2D eigenvalue weighted by Crippen LogP contribution is -2.40. The van der Waals surface area contributed by atoms with Crippen molar-refractivity contribution in [3.05, 3.63) is 65.2 Å². The fourth-order valence-electron chi connectivity index (χ4n) is 3.96. The SMILES string of the molecule is CCNC(=NCCCCN1C(=O)c2ccccc2C1=O)N1CCc2ccccc21. The molecule has 150 valence electrons. The highest BCUT2D eigenvalue weighted by molar-refractivity contribution is 6.21. The third kappa shape index (κ3) is 3.75. The Morgan fingerprint density at radius 2 is 1.69 bits per heavy atom. The zero-order valence-electron chi connectivity index (χ0n) is 16.7. The molecule has 0 aliphatic carbocycles. The first-order valence-corrected chi connectivity index (χ1v) is 10.3. The standard InChI is InChI=1S/C23H26N4O2/c1-2-24-23(26-16-13-17-9-3-6-12-20(17)26)25-14-7-8-15-27-21(28)18-10-4-5-11-19(18)22(27)29/h3-6,9-12H,2,7-8,13-16H2,1H3,(H,24,25). The molecule has 1 N–H and O–H groups in total. The second kappa shape index (κ2) is 8.47. The molecule has 2 amide bonds. The number of carbonyl (C=O) groups excluding carboxylic acids is 2. The van der Waals surface area contributed by atoms with Crippen molar-refractivity contribution in [3.63, 3.8) is 0 Å². The summed E-state index contributed by atoms with van der Waals surface area (Å²) in [5, 5.41) is 3.38.